The largest absolute Gasteiger partial charge is 0.378 e. The molecule has 2 N–H and O–H groups in total. The number of carbonyl (C=O) groups is 1. The number of hydrogen-bond acceptors (Lipinski definition) is 5. The van der Waals surface area contributed by atoms with Gasteiger partial charge in [0.2, 0.25) is 5.91 Å². The molecule has 0 spiro atoms. The van der Waals surface area contributed by atoms with Crippen molar-refractivity contribution in [1.82, 2.24) is 4.90 Å². The van der Waals surface area contributed by atoms with E-state index >= 15 is 0 Å². The third-order valence-electron chi connectivity index (χ3n) is 4.04. The van der Waals surface area contributed by atoms with Gasteiger partial charge in [0, 0.05) is 19.7 Å². The van der Waals surface area contributed by atoms with Crippen molar-refractivity contribution in [3.05, 3.63) is 0 Å². The maximum atomic E-state index is 12.3. The third-order valence-corrected chi connectivity index (χ3v) is 5.81. The Kier molecular flexibility index (Phi) is 5.40. The molecule has 1 unspecified atom stereocenters. The first-order valence-corrected chi connectivity index (χ1v) is 9.15. The lowest BCUT2D eigenvalue weighted by Crippen LogP contribution is -2.44. The van der Waals surface area contributed by atoms with Gasteiger partial charge in [-0.1, -0.05) is 0 Å². The van der Waals surface area contributed by atoms with Crippen LogP contribution >= 0.6 is 0 Å². The number of piperidine rings is 1. The van der Waals surface area contributed by atoms with E-state index in [1.165, 1.54) is 0 Å². The van der Waals surface area contributed by atoms with E-state index in [0.717, 1.165) is 19.3 Å². The Morgan fingerprint density at radius 3 is 2.50 bits per heavy atom. The third kappa shape index (κ3) is 4.17. The van der Waals surface area contributed by atoms with Gasteiger partial charge in [0.25, 0.3) is 0 Å². The van der Waals surface area contributed by atoms with Gasteiger partial charge in [-0.2, -0.15) is 0 Å². The van der Waals surface area contributed by atoms with Gasteiger partial charge in [-0.25, -0.2) is 8.42 Å². The SMILES string of the molecule is NCCCOC1CCN(C(=O)C2CCS(=O)(=O)C2)CC1. The van der Waals surface area contributed by atoms with E-state index in [4.69, 9.17) is 10.5 Å². The van der Waals surface area contributed by atoms with Crippen molar-refractivity contribution in [3.8, 4) is 0 Å². The lowest BCUT2D eigenvalue weighted by Gasteiger charge is -2.33. The lowest BCUT2D eigenvalue weighted by molar-refractivity contribution is -0.137. The van der Waals surface area contributed by atoms with Gasteiger partial charge in [-0.15, -0.1) is 0 Å². The minimum atomic E-state index is -2.99. The van der Waals surface area contributed by atoms with E-state index in [1.807, 2.05) is 0 Å². The number of rotatable bonds is 5. The quantitative estimate of drug-likeness (QED) is 0.709. The topological polar surface area (TPSA) is 89.7 Å². The number of nitrogens with zero attached hydrogens (tertiary/aromatic N) is 1. The molecule has 2 aliphatic rings. The molecule has 2 rings (SSSR count). The molecule has 0 bridgehead atoms. The van der Waals surface area contributed by atoms with Gasteiger partial charge < -0.3 is 15.4 Å². The molecule has 20 heavy (non-hydrogen) atoms. The molecule has 1 amide bonds. The summed E-state index contributed by atoms with van der Waals surface area (Å²) in [5.41, 5.74) is 5.42. The molecule has 2 heterocycles. The Hall–Kier alpha value is -0.660. The zero-order chi connectivity index (χ0) is 14.6. The predicted octanol–water partition coefficient (Wildman–Crippen LogP) is -0.222. The molecule has 116 valence electrons. The zero-order valence-electron chi connectivity index (χ0n) is 11.8. The molecule has 1 atom stereocenters. The molecular weight excluding hydrogens is 280 g/mol. The smallest absolute Gasteiger partial charge is 0.226 e. The van der Waals surface area contributed by atoms with E-state index < -0.39 is 9.84 Å². The van der Waals surface area contributed by atoms with Crippen molar-refractivity contribution in [2.45, 2.75) is 31.8 Å². The summed E-state index contributed by atoms with van der Waals surface area (Å²) in [4.78, 5) is 14.1. The number of likely N-dealkylation sites (tertiary alicyclic amines) is 1. The van der Waals surface area contributed by atoms with Gasteiger partial charge >= 0.3 is 0 Å². The van der Waals surface area contributed by atoms with Crippen molar-refractivity contribution < 1.29 is 17.9 Å². The average molecular weight is 304 g/mol. The van der Waals surface area contributed by atoms with Gasteiger partial charge in [0.1, 0.15) is 0 Å². The van der Waals surface area contributed by atoms with E-state index in [0.29, 0.717) is 32.7 Å². The Morgan fingerprint density at radius 1 is 1.25 bits per heavy atom. The molecule has 6 nitrogen and oxygen atoms in total. The van der Waals surface area contributed by atoms with Crippen LogP contribution in [0.5, 0.6) is 0 Å². The molecule has 2 aliphatic heterocycles. The van der Waals surface area contributed by atoms with Crippen molar-refractivity contribution in [2.75, 3.05) is 37.7 Å². The number of amides is 1. The summed E-state index contributed by atoms with van der Waals surface area (Å²) in [5.74, 6) is -0.137. The van der Waals surface area contributed by atoms with Gasteiger partial charge in [0.15, 0.2) is 9.84 Å². The van der Waals surface area contributed by atoms with Crippen LogP contribution in [0.2, 0.25) is 0 Å². The molecule has 2 saturated heterocycles. The Labute approximate surface area is 120 Å². The number of sulfone groups is 1. The molecule has 0 aromatic carbocycles. The summed E-state index contributed by atoms with van der Waals surface area (Å²) >= 11 is 0. The highest BCUT2D eigenvalue weighted by molar-refractivity contribution is 7.91. The highest BCUT2D eigenvalue weighted by atomic mass is 32.2. The average Bonchev–Trinajstić information content (AvgIpc) is 2.79. The van der Waals surface area contributed by atoms with Crippen LogP contribution in [0, 0.1) is 5.92 Å². The highest BCUT2D eigenvalue weighted by Crippen LogP contribution is 2.23. The molecular formula is C13H24N2O4S. The summed E-state index contributed by atoms with van der Waals surface area (Å²) in [6.07, 6.45) is 3.21. The minimum absolute atomic E-state index is 0.00600. The number of hydrogen-bond donors (Lipinski definition) is 1. The van der Waals surface area contributed by atoms with Crippen molar-refractivity contribution in [1.29, 1.82) is 0 Å². The second-order valence-corrected chi connectivity index (χ2v) is 7.87. The normalized spacial score (nSPS) is 26.9. The summed E-state index contributed by atoms with van der Waals surface area (Å²) in [5, 5.41) is 0. The van der Waals surface area contributed by atoms with Crippen LogP contribution in [0.1, 0.15) is 25.7 Å². The zero-order valence-corrected chi connectivity index (χ0v) is 12.6. The maximum Gasteiger partial charge on any atom is 0.226 e. The summed E-state index contributed by atoms with van der Waals surface area (Å²) in [6, 6.07) is 0. The van der Waals surface area contributed by atoms with E-state index in [9.17, 15) is 13.2 Å². The Bertz CT molecular complexity index is 430. The van der Waals surface area contributed by atoms with Crippen LogP contribution < -0.4 is 5.73 Å². The molecule has 0 saturated carbocycles. The minimum Gasteiger partial charge on any atom is -0.378 e. The van der Waals surface area contributed by atoms with Gasteiger partial charge in [0.05, 0.1) is 23.5 Å². The van der Waals surface area contributed by atoms with E-state index in [-0.39, 0.29) is 29.4 Å². The monoisotopic (exact) mass is 304 g/mol. The second kappa shape index (κ2) is 6.87. The summed E-state index contributed by atoms with van der Waals surface area (Å²) < 4.78 is 28.5. The van der Waals surface area contributed by atoms with Crippen molar-refractivity contribution in [2.24, 2.45) is 11.7 Å². The molecule has 0 radical (unpaired) electrons. The van der Waals surface area contributed by atoms with Crippen LogP contribution in [0.15, 0.2) is 0 Å². The highest BCUT2D eigenvalue weighted by Gasteiger charge is 2.36. The van der Waals surface area contributed by atoms with Crippen LogP contribution in [0.3, 0.4) is 0 Å². The fraction of sp³-hybridized carbons (Fsp3) is 0.923. The molecule has 0 aliphatic carbocycles. The first-order chi connectivity index (χ1) is 9.52. The number of ether oxygens (including phenoxy) is 1. The van der Waals surface area contributed by atoms with Crippen LogP contribution in [0.4, 0.5) is 0 Å². The Morgan fingerprint density at radius 2 is 1.95 bits per heavy atom. The van der Waals surface area contributed by atoms with Crippen LogP contribution in [-0.2, 0) is 19.4 Å². The van der Waals surface area contributed by atoms with Gasteiger partial charge in [-0.05, 0) is 32.2 Å². The van der Waals surface area contributed by atoms with Crippen LogP contribution in [0.25, 0.3) is 0 Å². The Balaban J connectivity index is 1.75. The lowest BCUT2D eigenvalue weighted by atomic mass is 10.0. The van der Waals surface area contributed by atoms with Crippen molar-refractivity contribution >= 4 is 15.7 Å². The number of nitrogens with two attached hydrogens (primary N) is 1. The fourth-order valence-corrected chi connectivity index (χ4v) is 4.56. The van der Waals surface area contributed by atoms with Crippen molar-refractivity contribution in [3.63, 3.8) is 0 Å². The van der Waals surface area contributed by atoms with E-state index in [2.05, 4.69) is 0 Å². The first-order valence-electron chi connectivity index (χ1n) is 7.33. The molecule has 7 heteroatoms. The predicted molar refractivity (Wildman–Crippen MR) is 76.0 cm³/mol. The first kappa shape index (κ1) is 15.7. The number of carbonyl (C=O) groups excluding carboxylic acids is 1. The molecule has 0 aromatic heterocycles. The van der Waals surface area contributed by atoms with Crippen LogP contribution in [-0.4, -0.2) is 63.1 Å². The van der Waals surface area contributed by atoms with E-state index in [1.54, 1.807) is 4.90 Å². The second-order valence-electron chi connectivity index (χ2n) is 5.64. The summed E-state index contributed by atoms with van der Waals surface area (Å²) in [7, 11) is -2.99. The standard InChI is InChI=1S/C13H24N2O4S/c14-5-1-8-19-12-2-6-15(7-3-12)13(16)11-4-9-20(17,18)10-11/h11-12H,1-10,14H2. The molecule has 0 aromatic rings. The maximum absolute atomic E-state index is 12.3. The van der Waals surface area contributed by atoms with Gasteiger partial charge in [-0.3, -0.25) is 4.79 Å². The summed E-state index contributed by atoms with van der Waals surface area (Å²) in [6.45, 7) is 2.65. The molecule has 2 fully saturated rings. The fourth-order valence-electron chi connectivity index (χ4n) is 2.82.